The van der Waals surface area contributed by atoms with E-state index in [0.29, 0.717) is 23.0 Å². The van der Waals surface area contributed by atoms with Crippen LogP contribution in [0.2, 0.25) is 0 Å². The van der Waals surface area contributed by atoms with Gasteiger partial charge in [-0.2, -0.15) is 0 Å². The molecule has 38 heavy (non-hydrogen) atoms. The zero-order valence-corrected chi connectivity index (χ0v) is 22.2. The SMILES string of the molecule is CCC(=O)Nc1ccc(N2C(=S)N[C@@H](c3ccccn3)[C@@H]2c2cccn2-c2ccc(OC)cc2)cc1OC. The number of nitrogens with zero attached hydrogens (tertiary/aromatic N) is 3. The van der Waals surface area contributed by atoms with Crippen molar-refractivity contribution in [2.24, 2.45) is 0 Å². The average molecular weight is 528 g/mol. The molecule has 1 aliphatic heterocycles. The van der Waals surface area contributed by atoms with Gasteiger partial charge in [-0.05, 0) is 72.9 Å². The fourth-order valence-corrected chi connectivity index (χ4v) is 5.06. The summed E-state index contributed by atoms with van der Waals surface area (Å²) < 4.78 is 13.1. The van der Waals surface area contributed by atoms with Crippen molar-refractivity contribution >= 4 is 34.6 Å². The zero-order chi connectivity index (χ0) is 26.6. The number of rotatable bonds is 8. The number of ether oxygens (including phenoxy) is 2. The number of benzene rings is 2. The normalized spacial score (nSPS) is 16.7. The first-order valence-corrected chi connectivity index (χ1v) is 12.7. The van der Waals surface area contributed by atoms with Gasteiger partial charge in [-0.1, -0.05) is 13.0 Å². The minimum absolute atomic E-state index is 0.0835. The van der Waals surface area contributed by atoms with Gasteiger partial charge < -0.3 is 29.6 Å². The number of nitrogens with one attached hydrogen (secondary N) is 2. The van der Waals surface area contributed by atoms with Crippen LogP contribution in [0.3, 0.4) is 0 Å². The molecule has 0 bridgehead atoms. The van der Waals surface area contributed by atoms with Gasteiger partial charge in [0, 0.05) is 41.9 Å². The van der Waals surface area contributed by atoms with Crippen molar-refractivity contribution in [3.05, 3.63) is 96.6 Å². The zero-order valence-electron chi connectivity index (χ0n) is 21.4. The molecule has 1 fully saturated rings. The number of carbonyl (C=O) groups is 1. The number of thiocarbonyl (C=S) groups is 1. The predicted octanol–water partition coefficient (Wildman–Crippen LogP) is 5.42. The molecule has 0 aliphatic carbocycles. The maximum absolute atomic E-state index is 12.0. The highest BCUT2D eigenvalue weighted by Gasteiger charge is 2.42. The van der Waals surface area contributed by atoms with Crippen molar-refractivity contribution in [2.45, 2.75) is 25.4 Å². The fraction of sp³-hybridized carbons (Fsp3) is 0.207. The van der Waals surface area contributed by atoms with Crippen molar-refractivity contribution in [1.82, 2.24) is 14.9 Å². The Bertz CT molecular complexity index is 1440. The molecule has 2 N–H and O–H groups in total. The van der Waals surface area contributed by atoms with E-state index in [1.54, 1.807) is 20.4 Å². The molecule has 2 aromatic carbocycles. The molecule has 8 nitrogen and oxygen atoms in total. The third-order valence-corrected chi connectivity index (χ3v) is 6.91. The van der Waals surface area contributed by atoms with Gasteiger partial charge >= 0.3 is 0 Å². The molecule has 3 heterocycles. The van der Waals surface area contributed by atoms with Crippen LogP contribution >= 0.6 is 12.2 Å². The molecule has 0 saturated carbocycles. The molecule has 2 atom stereocenters. The van der Waals surface area contributed by atoms with Crippen LogP contribution in [0.15, 0.2) is 85.2 Å². The van der Waals surface area contributed by atoms with Crippen LogP contribution in [0.1, 0.15) is 36.8 Å². The number of amides is 1. The van der Waals surface area contributed by atoms with Crippen LogP contribution in [-0.4, -0.2) is 34.8 Å². The van der Waals surface area contributed by atoms with E-state index in [9.17, 15) is 4.79 Å². The van der Waals surface area contributed by atoms with Gasteiger partial charge in [0.25, 0.3) is 0 Å². The fourth-order valence-electron chi connectivity index (χ4n) is 4.72. The second kappa shape index (κ2) is 10.9. The number of anilines is 2. The molecule has 1 amide bonds. The minimum atomic E-state index is -0.227. The first kappa shape index (κ1) is 25.3. The molecule has 2 aromatic heterocycles. The molecule has 1 saturated heterocycles. The summed E-state index contributed by atoms with van der Waals surface area (Å²) in [6.45, 7) is 1.81. The van der Waals surface area contributed by atoms with E-state index in [-0.39, 0.29) is 18.0 Å². The van der Waals surface area contributed by atoms with Gasteiger partial charge in [-0.3, -0.25) is 9.78 Å². The van der Waals surface area contributed by atoms with E-state index in [1.807, 2.05) is 79.9 Å². The Hall–Kier alpha value is -4.37. The maximum atomic E-state index is 12.0. The number of carbonyl (C=O) groups excluding carboxylic acids is 1. The van der Waals surface area contributed by atoms with E-state index < -0.39 is 0 Å². The van der Waals surface area contributed by atoms with E-state index in [0.717, 1.165) is 28.5 Å². The van der Waals surface area contributed by atoms with Crippen LogP contribution < -0.4 is 25.0 Å². The summed E-state index contributed by atoms with van der Waals surface area (Å²) in [7, 11) is 3.24. The van der Waals surface area contributed by atoms with E-state index >= 15 is 0 Å². The second-order valence-electron chi connectivity index (χ2n) is 8.78. The van der Waals surface area contributed by atoms with E-state index in [2.05, 4.69) is 31.2 Å². The van der Waals surface area contributed by atoms with Gasteiger partial charge in [0.15, 0.2) is 5.11 Å². The number of pyridine rings is 1. The Morgan fingerprint density at radius 3 is 2.50 bits per heavy atom. The van der Waals surface area contributed by atoms with Crippen molar-refractivity contribution < 1.29 is 14.3 Å². The van der Waals surface area contributed by atoms with Crippen molar-refractivity contribution in [3.8, 4) is 17.2 Å². The third-order valence-electron chi connectivity index (χ3n) is 6.59. The van der Waals surface area contributed by atoms with Gasteiger partial charge in [0.1, 0.15) is 17.5 Å². The smallest absolute Gasteiger partial charge is 0.224 e. The van der Waals surface area contributed by atoms with Crippen molar-refractivity contribution in [3.63, 3.8) is 0 Å². The van der Waals surface area contributed by atoms with Crippen LogP contribution in [0.5, 0.6) is 11.5 Å². The number of methoxy groups -OCH3 is 2. The molecule has 194 valence electrons. The minimum Gasteiger partial charge on any atom is -0.497 e. The molecular formula is C29H29N5O3S. The van der Waals surface area contributed by atoms with Crippen LogP contribution in [0, 0.1) is 0 Å². The largest absolute Gasteiger partial charge is 0.497 e. The molecule has 0 unspecified atom stereocenters. The number of hydrogen-bond acceptors (Lipinski definition) is 5. The number of aromatic nitrogens is 2. The second-order valence-corrected chi connectivity index (χ2v) is 9.17. The molecule has 9 heteroatoms. The van der Waals surface area contributed by atoms with Crippen LogP contribution in [0.25, 0.3) is 5.69 Å². The Labute approximate surface area is 227 Å². The summed E-state index contributed by atoms with van der Waals surface area (Å²) in [5, 5.41) is 6.97. The van der Waals surface area contributed by atoms with Crippen LogP contribution in [-0.2, 0) is 4.79 Å². The Kier molecular flexibility index (Phi) is 7.28. The third kappa shape index (κ3) is 4.80. The van der Waals surface area contributed by atoms with Crippen molar-refractivity contribution in [2.75, 3.05) is 24.4 Å². The lowest BCUT2D eigenvalue weighted by molar-refractivity contribution is -0.115. The molecule has 1 aliphatic rings. The first-order valence-electron chi connectivity index (χ1n) is 12.3. The maximum Gasteiger partial charge on any atom is 0.224 e. The topological polar surface area (TPSA) is 80.7 Å². The summed E-state index contributed by atoms with van der Waals surface area (Å²) in [4.78, 5) is 18.8. The lowest BCUT2D eigenvalue weighted by Gasteiger charge is -2.29. The summed E-state index contributed by atoms with van der Waals surface area (Å²) in [5.41, 5.74) is 4.35. The van der Waals surface area contributed by atoms with Gasteiger partial charge in [-0.15, -0.1) is 0 Å². The number of hydrogen-bond donors (Lipinski definition) is 2. The quantitative estimate of drug-likeness (QED) is 0.296. The van der Waals surface area contributed by atoms with E-state index in [1.165, 1.54) is 0 Å². The first-order chi connectivity index (χ1) is 18.5. The lowest BCUT2D eigenvalue weighted by Crippen LogP contribution is -2.30. The molecule has 4 aromatic rings. The van der Waals surface area contributed by atoms with Gasteiger partial charge in [0.05, 0.1) is 31.6 Å². The summed E-state index contributed by atoms with van der Waals surface area (Å²) in [6, 6.07) is 23.2. The summed E-state index contributed by atoms with van der Waals surface area (Å²) >= 11 is 5.90. The van der Waals surface area contributed by atoms with Crippen molar-refractivity contribution in [1.29, 1.82) is 0 Å². The molecule has 0 spiro atoms. The highest BCUT2D eigenvalue weighted by molar-refractivity contribution is 7.80. The lowest BCUT2D eigenvalue weighted by atomic mass is 10.0. The molecule has 0 radical (unpaired) electrons. The van der Waals surface area contributed by atoms with Crippen LogP contribution in [0.4, 0.5) is 11.4 Å². The highest BCUT2D eigenvalue weighted by Crippen LogP contribution is 2.44. The van der Waals surface area contributed by atoms with Gasteiger partial charge in [-0.25, -0.2) is 0 Å². The summed E-state index contributed by atoms with van der Waals surface area (Å²) in [5.74, 6) is 1.26. The highest BCUT2D eigenvalue weighted by atomic mass is 32.1. The standard InChI is InChI=1S/C29H29N5O3S/c1-4-26(35)31-22-15-12-20(18-25(22)37-3)34-28(27(32-29(34)38)23-8-5-6-16-30-23)24-9-7-17-33(24)19-10-13-21(36-2)14-11-19/h5-18,27-28H,4H2,1-3H3,(H,31,35)(H,32,38)/t27-,28-/m0/s1. The predicted molar refractivity (Wildman–Crippen MR) is 152 cm³/mol. The Balaban J connectivity index is 1.61. The summed E-state index contributed by atoms with van der Waals surface area (Å²) in [6.07, 6.45) is 4.20. The molecule has 5 rings (SSSR count). The van der Waals surface area contributed by atoms with Gasteiger partial charge in [0.2, 0.25) is 5.91 Å². The van der Waals surface area contributed by atoms with E-state index in [4.69, 9.17) is 21.7 Å². The Morgan fingerprint density at radius 1 is 1.03 bits per heavy atom. The monoisotopic (exact) mass is 527 g/mol. The Morgan fingerprint density at radius 2 is 1.82 bits per heavy atom. The average Bonchev–Trinajstić information content (AvgIpc) is 3.58. The molecular weight excluding hydrogens is 498 g/mol.